The van der Waals surface area contributed by atoms with Crippen molar-refractivity contribution in [3.63, 3.8) is 0 Å². The number of esters is 1. The largest absolute Gasteiger partial charge is 0.465 e. The summed E-state index contributed by atoms with van der Waals surface area (Å²) in [6.07, 6.45) is 0. The van der Waals surface area contributed by atoms with Gasteiger partial charge in [-0.3, -0.25) is 19.3 Å². The number of ether oxygens (including phenoxy) is 1. The number of piperidine rings is 1. The highest BCUT2D eigenvalue weighted by atomic mass is 16.5. The molecular weight excluding hydrogens is 394 g/mol. The van der Waals surface area contributed by atoms with E-state index >= 15 is 0 Å². The summed E-state index contributed by atoms with van der Waals surface area (Å²) < 4.78 is 5.25. The van der Waals surface area contributed by atoms with Gasteiger partial charge < -0.3 is 9.84 Å². The molecule has 164 valence electrons. The van der Waals surface area contributed by atoms with E-state index in [0.29, 0.717) is 11.3 Å². The summed E-state index contributed by atoms with van der Waals surface area (Å²) in [5.41, 5.74) is 1.02. The first-order chi connectivity index (χ1) is 14.6. The summed E-state index contributed by atoms with van der Waals surface area (Å²) in [5, 5.41) is 11.7. The zero-order chi connectivity index (χ0) is 22.9. The molecule has 1 N–H and O–H groups in total. The van der Waals surface area contributed by atoms with E-state index in [-0.39, 0.29) is 12.4 Å². The minimum Gasteiger partial charge on any atom is -0.465 e. The van der Waals surface area contributed by atoms with Gasteiger partial charge in [-0.15, -0.1) is 0 Å². The number of aryl methyl sites for hydroxylation is 2. The number of ketones is 1. The standard InChI is InChI=1S/C25H29NO5/c1-6-31-24(29)21-20(18-10-8-7-9-11-18)22(17(4)27)25(5,30)26(23(21)28)19-13-12-15(2)14-16(19)3/h7-14,20-22,30H,6H2,1-5H3. The van der Waals surface area contributed by atoms with Crippen molar-refractivity contribution in [2.24, 2.45) is 11.8 Å². The fourth-order valence-electron chi connectivity index (χ4n) is 4.78. The van der Waals surface area contributed by atoms with Crippen LogP contribution in [0.15, 0.2) is 48.5 Å². The Hall–Kier alpha value is -2.99. The van der Waals surface area contributed by atoms with Crippen molar-refractivity contribution in [1.82, 2.24) is 0 Å². The Morgan fingerprint density at radius 3 is 2.32 bits per heavy atom. The average Bonchev–Trinajstić information content (AvgIpc) is 2.69. The molecule has 2 aromatic rings. The van der Waals surface area contributed by atoms with Crippen LogP contribution < -0.4 is 4.90 Å². The maximum absolute atomic E-state index is 13.8. The van der Waals surface area contributed by atoms with Gasteiger partial charge >= 0.3 is 5.97 Å². The van der Waals surface area contributed by atoms with Crippen molar-refractivity contribution in [2.75, 3.05) is 11.5 Å². The number of nitrogens with zero attached hydrogens (tertiary/aromatic N) is 1. The SMILES string of the molecule is CCOC(=O)C1C(=O)N(c2ccc(C)cc2C)C(C)(O)C(C(C)=O)C1c1ccccc1. The van der Waals surface area contributed by atoms with Gasteiger partial charge in [0.25, 0.3) is 0 Å². The number of rotatable bonds is 5. The first kappa shape index (κ1) is 22.7. The van der Waals surface area contributed by atoms with E-state index in [2.05, 4.69) is 0 Å². The molecule has 0 aromatic heterocycles. The lowest BCUT2D eigenvalue weighted by Crippen LogP contribution is -2.66. The summed E-state index contributed by atoms with van der Waals surface area (Å²) in [7, 11) is 0. The molecule has 1 aliphatic heterocycles. The molecule has 4 atom stereocenters. The summed E-state index contributed by atoms with van der Waals surface area (Å²) in [6, 6.07) is 14.4. The van der Waals surface area contributed by atoms with Crippen LogP contribution in [0.2, 0.25) is 0 Å². The van der Waals surface area contributed by atoms with Gasteiger partial charge in [-0.2, -0.15) is 0 Å². The van der Waals surface area contributed by atoms with Crippen LogP contribution in [0.5, 0.6) is 0 Å². The predicted octanol–water partition coefficient (Wildman–Crippen LogP) is 3.53. The third kappa shape index (κ3) is 4.00. The maximum Gasteiger partial charge on any atom is 0.319 e. The number of amides is 1. The number of benzene rings is 2. The molecule has 0 saturated carbocycles. The van der Waals surface area contributed by atoms with Crippen LogP contribution in [-0.2, 0) is 19.1 Å². The van der Waals surface area contributed by atoms with E-state index in [0.717, 1.165) is 11.1 Å². The van der Waals surface area contributed by atoms with Crippen molar-refractivity contribution in [3.05, 3.63) is 65.2 Å². The third-order valence-electron chi connectivity index (χ3n) is 6.00. The van der Waals surface area contributed by atoms with Crippen LogP contribution in [0.1, 0.15) is 43.4 Å². The van der Waals surface area contributed by atoms with Gasteiger partial charge in [-0.1, -0.05) is 48.0 Å². The van der Waals surface area contributed by atoms with Crippen LogP contribution in [-0.4, -0.2) is 35.1 Å². The van der Waals surface area contributed by atoms with E-state index in [1.807, 2.05) is 32.0 Å². The molecule has 4 unspecified atom stereocenters. The highest BCUT2D eigenvalue weighted by Gasteiger charge is 2.60. The normalized spacial score (nSPS) is 25.9. The Morgan fingerprint density at radius 2 is 1.77 bits per heavy atom. The lowest BCUT2D eigenvalue weighted by Gasteiger charge is -2.51. The molecule has 31 heavy (non-hydrogen) atoms. The van der Waals surface area contributed by atoms with Crippen LogP contribution in [0.3, 0.4) is 0 Å². The summed E-state index contributed by atoms with van der Waals surface area (Å²) in [4.78, 5) is 40.9. The van der Waals surface area contributed by atoms with Gasteiger partial charge in [0.05, 0.1) is 12.5 Å². The van der Waals surface area contributed by atoms with Gasteiger partial charge in [0.1, 0.15) is 11.7 Å². The van der Waals surface area contributed by atoms with Crippen LogP contribution in [0, 0.1) is 25.7 Å². The number of hydrogen-bond donors (Lipinski definition) is 1. The van der Waals surface area contributed by atoms with Gasteiger partial charge in [0.2, 0.25) is 5.91 Å². The van der Waals surface area contributed by atoms with Crippen molar-refractivity contribution >= 4 is 23.3 Å². The lowest BCUT2D eigenvalue weighted by molar-refractivity contribution is -0.162. The van der Waals surface area contributed by atoms with Gasteiger partial charge in [-0.05, 0) is 51.8 Å². The first-order valence-corrected chi connectivity index (χ1v) is 10.5. The molecule has 1 amide bonds. The molecule has 0 bridgehead atoms. The van der Waals surface area contributed by atoms with Crippen LogP contribution in [0.4, 0.5) is 5.69 Å². The zero-order valence-electron chi connectivity index (χ0n) is 18.6. The number of Topliss-reactive ketones (excluding diaryl/α,β-unsaturated/α-hetero) is 1. The number of carbonyl (C=O) groups excluding carboxylic acids is 3. The molecule has 1 saturated heterocycles. The summed E-state index contributed by atoms with van der Waals surface area (Å²) in [5.74, 6) is -4.71. The molecule has 1 aliphatic rings. The second-order valence-corrected chi connectivity index (χ2v) is 8.31. The van der Waals surface area contributed by atoms with Gasteiger partial charge in [-0.25, -0.2) is 0 Å². The molecule has 6 heteroatoms. The highest BCUT2D eigenvalue weighted by molar-refractivity contribution is 6.10. The number of anilines is 1. The minimum absolute atomic E-state index is 0.106. The average molecular weight is 424 g/mol. The second kappa shape index (κ2) is 8.63. The maximum atomic E-state index is 13.8. The first-order valence-electron chi connectivity index (χ1n) is 10.5. The number of aliphatic hydroxyl groups is 1. The number of hydrogen-bond acceptors (Lipinski definition) is 5. The third-order valence-corrected chi connectivity index (χ3v) is 6.00. The summed E-state index contributed by atoms with van der Waals surface area (Å²) >= 11 is 0. The molecule has 1 fully saturated rings. The Bertz CT molecular complexity index is 998. The van der Waals surface area contributed by atoms with Crippen LogP contribution >= 0.6 is 0 Å². The van der Waals surface area contributed by atoms with E-state index in [9.17, 15) is 19.5 Å². The molecule has 0 aliphatic carbocycles. The molecule has 0 radical (unpaired) electrons. The molecule has 0 spiro atoms. The Morgan fingerprint density at radius 1 is 1.13 bits per heavy atom. The van der Waals surface area contributed by atoms with Crippen molar-refractivity contribution < 1.29 is 24.2 Å². The van der Waals surface area contributed by atoms with Crippen LogP contribution in [0.25, 0.3) is 0 Å². The van der Waals surface area contributed by atoms with Crippen molar-refractivity contribution in [2.45, 2.75) is 46.3 Å². The van der Waals surface area contributed by atoms with E-state index in [1.54, 1.807) is 37.3 Å². The predicted molar refractivity (Wildman–Crippen MR) is 118 cm³/mol. The van der Waals surface area contributed by atoms with Crippen molar-refractivity contribution in [3.8, 4) is 0 Å². The highest BCUT2D eigenvalue weighted by Crippen LogP contribution is 2.48. The van der Waals surface area contributed by atoms with Gasteiger partial charge in [0, 0.05) is 11.6 Å². The molecule has 1 heterocycles. The molecule has 2 aromatic carbocycles. The Kier molecular flexibility index (Phi) is 6.32. The smallest absolute Gasteiger partial charge is 0.319 e. The van der Waals surface area contributed by atoms with Gasteiger partial charge in [0.15, 0.2) is 5.72 Å². The fraction of sp³-hybridized carbons (Fsp3) is 0.400. The molecule has 3 rings (SSSR count). The van der Waals surface area contributed by atoms with E-state index in [1.165, 1.54) is 18.7 Å². The second-order valence-electron chi connectivity index (χ2n) is 8.31. The topological polar surface area (TPSA) is 83.9 Å². The van der Waals surface area contributed by atoms with E-state index < -0.39 is 35.4 Å². The quantitative estimate of drug-likeness (QED) is 0.588. The monoisotopic (exact) mass is 423 g/mol. The molecule has 6 nitrogen and oxygen atoms in total. The minimum atomic E-state index is -1.84. The van der Waals surface area contributed by atoms with E-state index in [4.69, 9.17) is 4.74 Å². The number of carbonyl (C=O) groups is 3. The Labute approximate surface area is 182 Å². The van der Waals surface area contributed by atoms with Crippen molar-refractivity contribution in [1.29, 1.82) is 0 Å². The lowest BCUT2D eigenvalue weighted by atomic mass is 9.66. The Balaban J connectivity index is 2.26. The molecular formula is C25H29NO5. The zero-order valence-corrected chi connectivity index (χ0v) is 18.6. The summed E-state index contributed by atoms with van der Waals surface area (Å²) in [6.45, 7) is 8.38. The fourth-order valence-corrected chi connectivity index (χ4v) is 4.78.